The second-order valence-electron chi connectivity index (χ2n) is 1.86. The molecule has 7 heteroatoms. The Labute approximate surface area is 63.8 Å². The van der Waals surface area contributed by atoms with Crippen LogP contribution >= 0.6 is 7.82 Å². The Kier molecular flexibility index (Phi) is 4.29. The molecule has 0 spiro atoms. The third kappa shape index (κ3) is 7.48. The van der Waals surface area contributed by atoms with E-state index in [1.807, 2.05) is 0 Å². The van der Waals surface area contributed by atoms with Gasteiger partial charge in [-0.3, -0.25) is 4.79 Å². The third-order valence-electron chi connectivity index (χ3n) is 0.755. The van der Waals surface area contributed by atoms with E-state index in [4.69, 9.17) is 9.79 Å². The fourth-order valence-corrected chi connectivity index (χ4v) is 0.609. The molecule has 0 unspecified atom stereocenters. The second kappa shape index (κ2) is 4.46. The molecule has 0 fully saturated rings. The highest BCUT2D eigenvalue weighted by molar-refractivity contribution is 7.46. The van der Waals surface area contributed by atoms with Crippen LogP contribution in [0.1, 0.15) is 19.8 Å². The first-order chi connectivity index (χ1) is 4.95. The van der Waals surface area contributed by atoms with E-state index < -0.39 is 13.7 Å². The third-order valence-corrected chi connectivity index (χ3v) is 1.08. The van der Waals surface area contributed by atoms with Crippen LogP contribution in [0.5, 0.6) is 0 Å². The zero-order valence-electron chi connectivity index (χ0n) is 5.98. The van der Waals surface area contributed by atoms with Gasteiger partial charge in [0.2, 0.25) is 5.91 Å². The summed E-state index contributed by atoms with van der Waals surface area (Å²) in [6, 6.07) is 0. The molecule has 0 saturated carbocycles. The van der Waals surface area contributed by atoms with Crippen molar-refractivity contribution < 1.29 is 23.8 Å². The van der Waals surface area contributed by atoms with Crippen molar-refractivity contribution in [3.63, 3.8) is 0 Å². The van der Waals surface area contributed by atoms with E-state index >= 15 is 0 Å². The van der Waals surface area contributed by atoms with Gasteiger partial charge in [-0.2, -0.15) is 4.62 Å². The van der Waals surface area contributed by atoms with Gasteiger partial charge in [-0.05, 0) is 6.42 Å². The summed E-state index contributed by atoms with van der Waals surface area (Å²) in [4.78, 5) is 26.7. The zero-order valence-corrected chi connectivity index (χ0v) is 6.88. The number of carbonyl (C=O) groups is 1. The molecule has 11 heavy (non-hydrogen) atoms. The monoisotopic (exact) mass is 183 g/mol. The number of carbonyl (C=O) groups excluding carboxylic acids is 1. The summed E-state index contributed by atoms with van der Waals surface area (Å²) in [5, 5.41) is 0. The topological polar surface area (TPSA) is 95.9 Å². The van der Waals surface area contributed by atoms with Crippen LogP contribution in [-0.2, 0) is 14.0 Å². The van der Waals surface area contributed by atoms with Gasteiger partial charge in [0.25, 0.3) is 0 Å². The number of hydroxylamine groups is 1. The standard InChI is InChI=1S/C4H10NO5P/c1-2-3-4(6)5-10-11(7,8)9/h2-3H2,1H3,(H,5,6)(H2,7,8,9). The Morgan fingerprint density at radius 2 is 2.18 bits per heavy atom. The second-order valence-corrected chi connectivity index (χ2v) is 3.02. The summed E-state index contributed by atoms with van der Waals surface area (Å²) in [5.41, 5.74) is 1.62. The summed E-state index contributed by atoms with van der Waals surface area (Å²) in [6.07, 6.45) is 0.774. The largest absolute Gasteiger partial charge is 0.491 e. The predicted molar refractivity (Wildman–Crippen MR) is 36.2 cm³/mol. The number of rotatable bonds is 4. The molecule has 0 heterocycles. The van der Waals surface area contributed by atoms with Crippen molar-refractivity contribution in [2.24, 2.45) is 0 Å². The molecule has 0 aliphatic carbocycles. The van der Waals surface area contributed by atoms with Crippen molar-refractivity contribution in [2.45, 2.75) is 19.8 Å². The van der Waals surface area contributed by atoms with Crippen molar-refractivity contribution in [2.75, 3.05) is 0 Å². The van der Waals surface area contributed by atoms with Gasteiger partial charge in [0.05, 0.1) is 0 Å². The summed E-state index contributed by atoms with van der Waals surface area (Å²) >= 11 is 0. The Bertz CT molecular complexity index is 175. The molecule has 0 saturated heterocycles. The van der Waals surface area contributed by atoms with Gasteiger partial charge >= 0.3 is 7.82 Å². The van der Waals surface area contributed by atoms with Crippen molar-refractivity contribution in [1.29, 1.82) is 0 Å². The Morgan fingerprint density at radius 1 is 1.64 bits per heavy atom. The number of phosphoric acid groups is 1. The fraction of sp³-hybridized carbons (Fsp3) is 0.750. The van der Waals surface area contributed by atoms with Crippen molar-refractivity contribution in [1.82, 2.24) is 5.48 Å². The summed E-state index contributed by atoms with van der Waals surface area (Å²) in [6.45, 7) is 1.76. The van der Waals surface area contributed by atoms with Gasteiger partial charge < -0.3 is 9.79 Å². The molecule has 0 aliphatic rings. The van der Waals surface area contributed by atoms with Gasteiger partial charge in [-0.25, -0.2) is 10.0 Å². The minimum absolute atomic E-state index is 0.181. The average molecular weight is 183 g/mol. The maximum atomic E-state index is 10.5. The Balaban J connectivity index is 3.55. The Hall–Kier alpha value is -0.420. The van der Waals surface area contributed by atoms with Crippen LogP contribution in [0.15, 0.2) is 0 Å². The molecule has 0 radical (unpaired) electrons. The molecule has 66 valence electrons. The molecular formula is C4H10NO5P. The van der Waals surface area contributed by atoms with Crippen LogP contribution in [0.25, 0.3) is 0 Å². The summed E-state index contributed by atoms with van der Waals surface area (Å²) in [7, 11) is -4.58. The molecule has 0 aromatic rings. The van der Waals surface area contributed by atoms with E-state index in [0.717, 1.165) is 0 Å². The highest BCUT2D eigenvalue weighted by Gasteiger charge is 2.15. The lowest BCUT2D eigenvalue weighted by atomic mass is 10.3. The van der Waals surface area contributed by atoms with Crippen LogP contribution < -0.4 is 5.48 Å². The maximum Gasteiger partial charge on any atom is 0.491 e. The van der Waals surface area contributed by atoms with Gasteiger partial charge in [-0.15, -0.1) is 0 Å². The molecule has 0 bridgehead atoms. The van der Waals surface area contributed by atoms with Crippen molar-refractivity contribution in [3.05, 3.63) is 0 Å². The zero-order chi connectivity index (χ0) is 8.91. The van der Waals surface area contributed by atoms with E-state index in [1.54, 1.807) is 12.4 Å². The Morgan fingerprint density at radius 3 is 2.55 bits per heavy atom. The van der Waals surface area contributed by atoms with E-state index in [1.165, 1.54) is 0 Å². The fourth-order valence-electron chi connectivity index (χ4n) is 0.388. The number of nitrogens with one attached hydrogen (secondary N) is 1. The molecule has 0 rings (SSSR count). The van der Waals surface area contributed by atoms with Crippen LogP contribution in [0.4, 0.5) is 0 Å². The smallest absolute Gasteiger partial charge is 0.301 e. The predicted octanol–water partition coefficient (Wildman–Crippen LogP) is -0.0730. The number of hydrogen-bond acceptors (Lipinski definition) is 3. The van der Waals surface area contributed by atoms with E-state index in [0.29, 0.717) is 6.42 Å². The first kappa shape index (κ1) is 10.6. The van der Waals surface area contributed by atoms with Crippen LogP contribution in [-0.4, -0.2) is 15.7 Å². The number of amides is 1. The lowest BCUT2D eigenvalue weighted by molar-refractivity contribution is -0.128. The molecule has 6 nitrogen and oxygen atoms in total. The normalized spacial score (nSPS) is 11.2. The van der Waals surface area contributed by atoms with Gasteiger partial charge in [0.15, 0.2) is 0 Å². The molecular weight excluding hydrogens is 173 g/mol. The highest BCUT2D eigenvalue weighted by atomic mass is 31.2. The molecule has 3 N–H and O–H groups in total. The van der Waals surface area contributed by atoms with E-state index in [-0.39, 0.29) is 6.42 Å². The summed E-state index contributed by atoms with van der Waals surface area (Å²) in [5.74, 6) is -0.546. The van der Waals surface area contributed by atoms with Crippen LogP contribution in [0, 0.1) is 0 Å². The van der Waals surface area contributed by atoms with Crippen LogP contribution in [0.2, 0.25) is 0 Å². The van der Waals surface area contributed by atoms with Gasteiger partial charge in [0, 0.05) is 6.42 Å². The maximum absolute atomic E-state index is 10.5. The number of hydrogen-bond donors (Lipinski definition) is 3. The summed E-state index contributed by atoms with van der Waals surface area (Å²) < 4.78 is 13.7. The van der Waals surface area contributed by atoms with Crippen LogP contribution in [0.3, 0.4) is 0 Å². The molecule has 0 atom stereocenters. The van der Waals surface area contributed by atoms with Gasteiger partial charge in [-0.1, -0.05) is 6.92 Å². The quantitative estimate of drug-likeness (QED) is 0.418. The van der Waals surface area contributed by atoms with E-state index in [2.05, 4.69) is 4.62 Å². The van der Waals surface area contributed by atoms with Gasteiger partial charge in [0.1, 0.15) is 0 Å². The molecule has 0 aromatic carbocycles. The van der Waals surface area contributed by atoms with Crippen molar-refractivity contribution in [3.8, 4) is 0 Å². The minimum Gasteiger partial charge on any atom is -0.301 e. The first-order valence-corrected chi connectivity index (χ1v) is 4.51. The lowest BCUT2D eigenvalue weighted by Gasteiger charge is -2.04. The molecule has 1 amide bonds. The lowest BCUT2D eigenvalue weighted by Crippen LogP contribution is -2.21. The molecule has 0 aromatic heterocycles. The highest BCUT2D eigenvalue weighted by Crippen LogP contribution is 2.33. The minimum atomic E-state index is -4.58. The van der Waals surface area contributed by atoms with E-state index in [9.17, 15) is 9.36 Å². The van der Waals surface area contributed by atoms with Crippen molar-refractivity contribution >= 4 is 13.7 Å². The SMILES string of the molecule is CCCC(=O)NOP(=O)(O)O. The first-order valence-electron chi connectivity index (χ1n) is 2.98. The molecule has 0 aliphatic heterocycles. The average Bonchev–Trinajstić information content (AvgIpc) is 1.83.